The van der Waals surface area contributed by atoms with Gasteiger partial charge >= 0.3 is 11.9 Å². The molecule has 37 heavy (non-hydrogen) atoms. The maximum atomic E-state index is 13.0. The number of aliphatic imine (C=N–C) groups is 1. The number of nitrogens with one attached hydrogen (secondary N) is 3. The summed E-state index contributed by atoms with van der Waals surface area (Å²) in [5.74, 6) is -6.48. The molecule has 0 aliphatic carbocycles. The van der Waals surface area contributed by atoms with Gasteiger partial charge in [0, 0.05) is 13.0 Å². The molecule has 0 saturated heterocycles. The van der Waals surface area contributed by atoms with Crippen molar-refractivity contribution in [3.63, 3.8) is 0 Å². The molecular formula is C21H38N8O8. The van der Waals surface area contributed by atoms with Crippen LogP contribution in [-0.4, -0.2) is 82.5 Å². The van der Waals surface area contributed by atoms with E-state index < -0.39 is 66.2 Å². The highest BCUT2D eigenvalue weighted by Crippen LogP contribution is 2.07. The monoisotopic (exact) mass is 530 g/mol. The van der Waals surface area contributed by atoms with Crippen molar-refractivity contribution in [3.8, 4) is 0 Å². The van der Waals surface area contributed by atoms with Gasteiger partial charge in [-0.1, -0.05) is 13.8 Å². The summed E-state index contributed by atoms with van der Waals surface area (Å²) in [6.45, 7) is 3.84. The SMILES string of the molecule is CC(C)CC(N)C(=O)NC(CCCN=C(N)N)C(=O)NC(CC(=O)O)C(=O)NC(CCC(N)=O)C(=O)O. The van der Waals surface area contributed by atoms with Crippen molar-refractivity contribution in [1.82, 2.24) is 16.0 Å². The van der Waals surface area contributed by atoms with Crippen LogP contribution in [0.1, 0.15) is 52.4 Å². The van der Waals surface area contributed by atoms with E-state index >= 15 is 0 Å². The van der Waals surface area contributed by atoms with Crippen molar-refractivity contribution in [2.75, 3.05) is 6.54 Å². The number of primary amides is 1. The molecule has 13 N–H and O–H groups in total. The molecule has 210 valence electrons. The lowest BCUT2D eigenvalue weighted by Crippen LogP contribution is -2.57. The number of carbonyl (C=O) groups excluding carboxylic acids is 4. The van der Waals surface area contributed by atoms with Crippen molar-refractivity contribution < 1.29 is 39.0 Å². The molecule has 0 aliphatic rings. The van der Waals surface area contributed by atoms with E-state index in [1.165, 1.54) is 0 Å². The van der Waals surface area contributed by atoms with Crippen molar-refractivity contribution in [1.29, 1.82) is 0 Å². The first-order chi connectivity index (χ1) is 17.1. The Morgan fingerprint density at radius 1 is 0.811 bits per heavy atom. The summed E-state index contributed by atoms with van der Waals surface area (Å²) >= 11 is 0. The van der Waals surface area contributed by atoms with Crippen LogP contribution in [0.5, 0.6) is 0 Å². The van der Waals surface area contributed by atoms with Crippen molar-refractivity contribution in [2.45, 2.75) is 76.5 Å². The average Bonchev–Trinajstić information content (AvgIpc) is 2.76. The Morgan fingerprint density at radius 3 is 1.84 bits per heavy atom. The average molecular weight is 531 g/mol. The van der Waals surface area contributed by atoms with Gasteiger partial charge in [0.1, 0.15) is 18.1 Å². The molecule has 16 heteroatoms. The lowest BCUT2D eigenvalue weighted by molar-refractivity contribution is -0.143. The van der Waals surface area contributed by atoms with Crippen LogP contribution in [0.3, 0.4) is 0 Å². The van der Waals surface area contributed by atoms with Gasteiger partial charge in [-0.3, -0.25) is 29.0 Å². The van der Waals surface area contributed by atoms with E-state index in [4.69, 9.17) is 22.9 Å². The minimum atomic E-state index is -1.69. The van der Waals surface area contributed by atoms with Crippen LogP contribution in [-0.2, 0) is 28.8 Å². The van der Waals surface area contributed by atoms with Crippen molar-refractivity contribution >= 4 is 41.5 Å². The highest BCUT2D eigenvalue weighted by Gasteiger charge is 2.31. The van der Waals surface area contributed by atoms with Gasteiger partial charge in [0.05, 0.1) is 12.5 Å². The summed E-state index contributed by atoms with van der Waals surface area (Å²) < 4.78 is 0. The normalized spacial score (nSPS) is 13.9. The van der Waals surface area contributed by atoms with Crippen LogP contribution in [0.4, 0.5) is 0 Å². The predicted octanol–water partition coefficient (Wildman–Crippen LogP) is -3.31. The zero-order valence-electron chi connectivity index (χ0n) is 20.9. The lowest BCUT2D eigenvalue weighted by Gasteiger charge is -2.25. The third-order valence-electron chi connectivity index (χ3n) is 4.95. The van der Waals surface area contributed by atoms with Crippen LogP contribution < -0.4 is 38.9 Å². The number of guanidine groups is 1. The highest BCUT2D eigenvalue weighted by atomic mass is 16.4. The lowest BCUT2D eigenvalue weighted by atomic mass is 10.0. The van der Waals surface area contributed by atoms with Crippen LogP contribution in [0.25, 0.3) is 0 Å². The summed E-state index contributed by atoms with van der Waals surface area (Å²) in [7, 11) is 0. The zero-order valence-corrected chi connectivity index (χ0v) is 20.9. The van der Waals surface area contributed by atoms with Gasteiger partial charge in [0.2, 0.25) is 23.6 Å². The number of carboxylic acids is 2. The maximum Gasteiger partial charge on any atom is 0.326 e. The van der Waals surface area contributed by atoms with Gasteiger partial charge in [0.15, 0.2) is 5.96 Å². The Kier molecular flexibility index (Phi) is 14.9. The van der Waals surface area contributed by atoms with E-state index in [9.17, 15) is 39.0 Å². The fourth-order valence-electron chi connectivity index (χ4n) is 3.14. The Bertz CT molecular complexity index is 859. The first-order valence-corrected chi connectivity index (χ1v) is 11.6. The number of carbonyl (C=O) groups is 6. The van der Waals surface area contributed by atoms with E-state index in [-0.39, 0.29) is 44.1 Å². The third kappa shape index (κ3) is 14.9. The van der Waals surface area contributed by atoms with E-state index in [0.29, 0.717) is 6.42 Å². The largest absolute Gasteiger partial charge is 0.481 e. The second-order valence-corrected chi connectivity index (χ2v) is 8.81. The molecule has 4 atom stereocenters. The second kappa shape index (κ2) is 16.7. The topological polar surface area (TPSA) is 295 Å². The van der Waals surface area contributed by atoms with Crippen LogP contribution in [0.15, 0.2) is 4.99 Å². The number of hydrogen-bond donors (Lipinski definition) is 9. The minimum absolute atomic E-state index is 0.0144. The molecule has 4 amide bonds. The van der Waals surface area contributed by atoms with E-state index in [2.05, 4.69) is 20.9 Å². The summed E-state index contributed by atoms with van der Waals surface area (Å²) in [5.41, 5.74) is 21.4. The van der Waals surface area contributed by atoms with Crippen LogP contribution in [0, 0.1) is 5.92 Å². The number of hydrogen-bond acceptors (Lipinski definition) is 8. The van der Waals surface area contributed by atoms with E-state index in [1.807, 2.05) is 13.8 Å². The van der Waals surface area contributed by atoms with Crippen LogP contribution >= 0.6 is 0 Å². The molecular weight excluding hydrogens is 492 g/mol. The molecule has 4 unspecified atom stereocenters. The number of carboxylic acid groups (broad SMARTS) is 2. The van der Waals surface area contributed by atoms with Gasteiger partial charge in [-0.2, -0.15) is 0 Å². The van der Waals surface area contributed by atoms with Gasteiger partial charge in [-0.05, 0) is 31.6 Å². The smallest absolute Gasteiger partial charge is 0.326 e. The number of aliphatic carboxylic acids is 2. The highest BCUT2D eigenvalue weighted by molar-refractivity contribution is 5.95. The molecule has 0 aromatic heterocycles. The predicted molar refractivity (Wildman–Crippen MR) is 131 cm³/mol. The molecule has 0 aliphatic heterocycles. The molecule has 0 radical (unpaired) electrons. The standard InChI is InChI=1S/C21H38N8O8/c1-10(2)8-11(22)17(33)27-12(4-3-7-26-21(24)25)18(34)29-14(9-16(31)32)19(35)28-13(20(36)37)5-6-15(23)30/h10-14H,3-9,22H2,1-2H3,(H2,23,30)(H,27,33)(H,28,35)(H,29,34)(H,31,32)(H,36,37)(H4,24,25,26). The van der Waals surface area contributed by atoms with Crippen LogP contribution in [0.2, 0.25) is 0 Å². The van der Waals surface area contributed by atoms with Gasteiger partial charge in [-0.25, -0.2) is 4.79 Å². The molecule has 0 aromatic carbocycles. The first kappa shape index (κ1) is 33.0. The number of nitrogens with two attached hydrogens (primary N) is 4. The fraction of sp³-hybridized carbons (Fsp3) is 0.667. The van der Waals surface area contributed by atoms with Gasteiger partial charge in [0.25, 0.3) is 0 Å². The fourth-order valence-corrected chi connectivity index (χ4v) is 3.14. The van der Waals surface area contributed by atoms with E-state index in [1.54, 1.807) is 0 Å². The number of amides is 4. The number of nitrogens with zero attached hydrogens (tertiary/aromatic N) is 1. The Labute approximate surface area is 214 Å². The summed E-state index contributed by atoms with van der Waals surface area (Å²) in [5, 5.41) is 25.3. The molecule has 0 saturated carbocycles. The Balaban J connectivity index is 5.64. The Morgan fingerprint density at radius 2 is 1.35 bits per heavy atom. The molecule has 16 nitrogen and oxygen atoms in total. The molecule has 0 bridgehead atoms. The second-order valence-electron chi connectivity index (χ2n) is 8.81. The van der Waals surface area contributed by atoms with Gasteiger partial charge in [-0.15, -0.1) is 0 Å². The summed E-state index contributed by atoms with van der Waals surface area (Å²) in [4.78, 5) is 75.7. The summed E-state index contributed by atoms with van der Waals surface area (Å²) in [6.07, 6.45) is -1.00. The third-order valence-corrected chi connectivity index (χ3v) is 4.95. The van der Waals surface area contributed by atoms with Crippen molar-refractivity contribution in [3.05, 3.63) is 0 Å². The van der Waals surface area contributed by atoms with Gasteiger partial charge < -0.3 is 49.1 Å². The Hall–Kier alpha value is -3.95. The molecule has 0 fully saturated rings. The molecule has 0 rings (SSSR count). The maximum absolute atomic E-state index is 13.0. The number of rotatable bonds is 18. The molecule has 0 spiro atoms. The molecule has 0 aromatic rings. The summed E-state index contributed by atoms with van der Waals surface area (Å²) in [6, 6.07) is -5.40. The van der Waals surface area contributed by atoms with E-state index in [0.717, 1.165) is 0 Å². The first-order valence-electron chi connectivity index (χ1n) is 11.6. The quantitative estimate of drug-likeness (QED) is 0.0480. The molecule has 0 heterocycles. The van der Waals surface area contributed by atoms with Crippen molar-refractivity contribution in [2.24, 2.45) is 33.8 Å². The zero-order chi connectivity index (χ0) is 28.7. The minimum Gasteiger partial charge on any atom is -0.481 e.